The molecule has 0 saturated carbocycles. The van der Waals surface area contributed by atoms with Gasteiger partial charge in [-0.05, 0) is 23.6 Å². The van der Waals surface area contributed by atoms with E-state index >= 15 is 0 Å². The predicted octanol–water partition coefficient (Wildman–Crippen LogP) is 3.40. The molecule has 3 aromatic carbocycles. The number of anilines is 3. The Balaban J connectivity index is 0.000000204. The number of nitro benzene ring substituents is 1. The standard InChI is InChI=1S/C17H13N3O4.C8H6N6/c18-15-13-7-2-1-4-10(13)8-14(16(15)21)17(22)19-11-5-3-6-12(9-11)20(23)24;9-4-6-5-13-14(7(6)10)8-11-2-1-3-12-8/h1-9,21H,18H2,(H,19,22);1-3,5H,10H2. The topological polar surface area (TPSA) is 212 Å². The Morgan fingerprint density at radius 3 is 2.50 bits per heavy atom. The number of phenolic OH excluding ortho intramolecular Hbond substituents is 1. The van der Waals surface area contributed by atoms with Crippen LogP contribution in [-0.2, 0) is 0 Å². The summed E-state index contributed by atoms with van der Waals surface area (Å²) in [5, 5.41) is 37.4. The fraction of sp³-hybridized carbons (Fsp3) is 0. The molecule has 38 heavy (non-hydrogen) atoms. The van der Waals surface area contributed by atoms with E-state index in [-0.39, 0.29) is 34.2 Å². The van der Waals surface area contributed by atoms with Crippen LogP contribution in [0, 0.1) is 21.4 Å². The van der Waals surface area contributed by atoms with Crippen LogP contribution in [0.1, 0.15) is 15.9 Å². The lowest BCUT2D eigenvalue weighted by Crippen LogP contribution is -2.13. The minimum atomic E-state index is -0.606. The van der Waals surface area contributed by atoms with Gasteiger partial charge in [0.05, 0.1) is 22.4 Å². The largest absolute Gasteiger partial charge is 0.505 e. The van der Waals surface area contributed by atoms with Crippen molar-refractivity contribution in [2.24, 2.45) is 0 Å². The molecule has 5 aromatic rings. The van der Waals surface area contributed by atoms with E-state index in [1.54, 1.807) is 42.7 Å². The lowest BCUT2D eigenvalue weighted by molar-refractivity contribution is -0.384. The monoisotopic (exact) mass is 509 g/mol. The number of nitro groups is 1. The highest BCUT2D eigenvalue weighted by Crippen LogP contribution is 2.34. The minimum absolute atomic E-state index is 0.00212. The van der Waals surface area contributed by atoms with Gasteiger partial charge in [0, 0.05) is 35.6 Å². The van der Waals surface area contributed by atoms with E-state index in [2.05, 4.69) is 20.4 Å². The number of nitriles is 1. The molecule has 13 nitrogen and oxygen atoms in total. The minimum Gasteiger partial charge on any atom is -0.505 e. The highest BCUT2D eigenvalue weighted by Gasteiger charge is 2.17. The summed E-state index contributed by atoms with van der Waals surface area (Å²) >= 11 is 0. The summed E-state index contributed by atoms with van der Waals surface area (Å²) in [5.41, 5.74) is 12.1. The van der Waals surface area contributed by atoms with Gasteiger partial charge in [-0.1, -0.05) is 30.3 Å². The van der Waals surface area contributed by atoms with E-state index in [9.17, 15) is 20.0 Å². The molecule has 13 heteroatoms. The number of carbonyl (C=O) groups excluding carboxylic acids is 1. The second-order valence-electron chi connectivity index (χ2n) is 7.68. The summed E-state index contributed by atoms with van der Waals surface area (Å²) in [6, 6.07) is 17.8. The molecule has 0 radical (unpaired) electrons. The molecule has 0 unspecified atom stereocenters. The van der Waals surface area contributed by atoms with Crippen LogP contribution in [0.25, 0.3) is 16.7 Å². The third kappa shape index (κ3) is 5.14. The van der Waals surface area contributed by atoms with E-state index in [4.69, 9.17) is 16.7 Å². The number of hydrogen-bond donors (Lipinski definition) is 4. The van der Waals surface area contributed by atoms with Crippen LogP contribution in [0.5, 0.6) is 5.75 Å². The lowest BCUT2D eigenvalue weighted by atomic mass is 10.0. The van der Waals surface area contributed by atoms with Crippen LogP contribution in [0.4, 0.5) is 22.9 Å². The maximum atomic E-state index is 12.4. The number of nitrogen functional groups attached to an aromatic ring is 2. The number of nitrogens with two attached hydrogens (primary N) is 2. The third-order valence-electron chi connectivity index (χ3n) is 5.29. The summed E-state index contributed by atoms with van der Waals surface area (Å²) in [6.07, 6.45) is 4.54. The van der Waals surface area contributed by atoms with Gasteiger partial charge in [0.25, 0.3) is 17.5 Å². The zero-order chi connectivity index (χ0) is 27.2. The number of benzene rings is 3. The molecular weight excluding hydrogens is 490 g/mol. The number of non-ortho nitro benzene ring substituents is 1. The summed E-state index contributed by atoms with van der Waals surface area (Å²) in [6.45, 7) is 0. The van der Waals surface area contributed by atoms with Gasteiger partial charge in [-0.25, -0.2) is 9.97 Å². The molecule has 188 valence electrons. The van der Waals surface area contributed by atoms with Crippen molar-refractivity contribution in [1.82, 2.24) is 19.7 Å². The van der Waals surface area contributed by atoms with Crippen molar-refractivity contribution in [1.29, 1.82) is 5.26 Å². The Bertz CT molecular complexity index is 1690. The molecule has 0 aliphatic rings. The van der Waals surface area contributed by atoms with Gasteiger partial charge in [-0.15, -0.1) is 0 Å². The van der Waals surface area contributed by atoms with Gasteiger partial charge in [0.2, 0.25) is 0 Å². The Morgan fingerprint density at radius 2 is 1.82 bits per heavy atom. The van der Waals surface area contributed by atoms with Gasteiger partial charge in [0.1, 0.15) is 17.5 Å². The van der Waals surface area contributed by atoms with E-state index in [0.717, 1.165) is 0 Å². The molecule has 0 aliphatic carbocycles. The normalized spacial score (nSPS) is 10.2. The van der Waals surface area contributed by atoms with Crippen molar-refractivity contribution in [2.75, 3.05) is 16.8 Å². The van der Waals surface area contributed by atoms with Crippen LogP contribution in [0.2, 0.25) is 0 Å². The molecular formula is C25H19N9O4. The van der Waals surface area contributed by atoms with Crippen molar-refractivity contribution < 1.29 is 14.8 Å². The van der Waals surface area contributed by atoms with Crippen LogP contribution >= 0.6 is 0 Å². The number of phenols is 1. The molecule has 0 aliphatic heterocycles. The molecule has 5 rings (SSSR count). The van der Waals surface area contributed by atoms with Crippen molar-refractivity contribution >= 4 is 39.6 Å². The molecule has 2 heterocycles. The van der Waals surface area contributed by atoms with Crippen molar-refractivity contribution in [3.05, 3.63) is 100 Å². The average Bonchev–Trinajstić information content (AvgIpc) is 3.31. The number of carbonyl (C=O) groups is 1. The number of aromatic nitrogens is 4. The molecule has 0 atom stereocenters. The van der Waals surface area contributed by atoms with E-state index < -0.39 is 10.8 Å². The van der Waals surface area contributed by atoms with E-state index in [0.29, 0.717) is 22.3 Å². The maximum Gasteiger partial charge on any atom is 0.271 e. The summed E-state index contributed by atoms with van der Waals surface area (Å²) < 4.78 is 1.32. The highest BCUT2D eigenvalue weighted by atomic mass is 16.6. The average molecular weight is 509 g/mol. The van der Waals surface area contributed by atoms with Crippen LogP contribution in [0.3, 0.4) is 0 Å². The fourth-order valence-electron chi connectivity index (χ4n) is 3.44. The van der Waals surface area contributed by atoms with Gasteiger partial charge in [-0.2, -0.15) is 15.0 Å². The first-order valence-corrected chi connectivity index (χ1v) is 10.9. The molecule has 2 aromatic heterocycles. The van der Waals surface area contributed by atoms with Crippen LogP contribution < -0.4 is 16.8 Å². The number of amides is 1. The smallest absolute Gasteiger partial charge is 0.271 e. The summed E-state index contributed by atoms with van der Waals surface area (Å²) in [4.78, 5) is 30.6. The Hall–Kier alpha value is -6.03. The first-order chi connectivity index (χ1) is 18.3. The molecule has 1 amide bonds. The Labute approximate surface area is 214 Å². The Kier molecular flexibility index (Phi) is 7.07. The van der Waals surface area contributed by atoms with Crippen molar-refractivity contribution in [3.63, 3.8) is 0 Å². The van der Waals surface area contributed by atoms with Crippen molar-refractivity contribution in [3.8, 4) is 17.8 Å². The van der Waals surface area contributed by atoms with E-state index in [1.807, 2.05) is 6.07 Å². The number of aromatic hydroxyl groups is 1. The Morgan fingerprint density at radius 1 is 1.08 bits per heavy atom. The molecule has 0 saturated heterocycles. The van der Waals surface area contributed by atoms with E-state index in [1.165, 1.54) is 41.2 Å². The number of nitrogens with zero attached hydrogens (tertiary/aromatic N) is 6. The van der Waals surface area contributed by atoms with Gasteiger partial charge in [-0.3, -0.25) is 14.9 Å². The number of nitrogens with one attached hydrogen (secondary N) is 1. The second kappa shape index (κ2) is 10.7. The van der Waals surface area contributed by atoms with Gasteiger partial charge >= 0.3 is 0 Å². The molecule has 0 spiro atoms. The lowest BCUT2D eigenvalue weighted by Gasteiger charge is -2.11. The summed E-state index contributed by atoms with van der Waals surface area (Å²) in [5.74, 6) is -0.327. The predicted molar refractivity (Wildman–Crippen MR) is 139 cm³/mol. The zero-order valence-electron chi connectivity index (χ0n) is 19.5. The summed E-state index contributed by atoms with van der Waals surface area (Å²) in [7, 11) is 0. The molecule has 0 bridgehead atoms. The van der Waals surface area contributed by atoms with Gasteiger partial charge < -0.3 is 21.9 Å². The number of hydrogen-bond acceptors (Lipinski definition) is 10. The number of fused-ring (bicyclic) bond motifs is 1. The molecule has 6 N–H and O–H groups in total. The second-order valence-corrected chi connectivity index (χ2v) is 7.68. The first kappa shape index (κ1) is 25.1. The van der Waals surface area contributed by atoms with Crippen molar-refractivity contribution in [2.45, 2.75) is 0 Å². The molecule has 0 fully saturated rings. The van der Waals surface area contributed by atoms with Crippen LogP contribution in [-0.4, -0.2) is 35.7 Å². The highest BCUT2D eigenvalue weighted by molar-refractivity contribution is 6.11. The maximum absolute atomic E-state index is 12.4. The fourth-order valence-corrected chi connectivity index (χ4v) is 3.44. The first-order valence-electron chi connectivity index (χ1n) is 10.9. The SMILES string of the molecule is N#Cc1cnn(-c2ncccn2)c1N.Nc1c(O)c(C(=O)Nc2cccc([N+](=O)[O-])c2)cc2ccccc12. The quantitative estimate of drug-likeness (QED) is 0.120. The third-order valence-corrected chi connectivity index (χ3v) is 5.29. The number of rotatable bonds is 4. The van der Waals surface area contributed by atoms with Crippen LogP contribution in [0.15, 0.2) is 79.3 Å². The van der Waals surface area contributed by atoms with Gasteiger partial charge in [0.15, 0.2) is 5.75 Å². The zero-order valence-corrected chi connectivity index (χ0v) is 19.5.